The van der Waals surface area contributed by atoms with Crippen molar-refractivity contribution in [2.24, 2.45) is 0 Å². The van der Waals surface area contributed by atoms with E-state index < -0.39 is 18.3 Å². The van der Waals surface area contributed by atoms with Crippen molar-refractivity contribution in [2.45, 2.75) is 31.4 Å². The van der Waals surface area contributed by atoms with Crippen molar-refractivity contribution in [3.8, 4) is 0 Å². The summed E-state index contributed by atoms with van der Waals surface area (Å²) in [5.41, 5.74) is 0. The monoisotopic (exact) mass is 223 g/mol. The van der Waals surface area contributed by atoms with Crippen LogP contribution in [0.4, 0.5) is 8.78 Å². The van der Waals surface area contributed by atoms with E-state index in [0.717, 1.165) is 12.7 Å². The second-order valence-electron chi connectivity index (χ2n) is 3.77. The zero-order valence-electron chi connectivity index (χ0n) is 8.43. The molecule has 1 aliphatic heterocycles. The minimum Gasteiger partial charge on any atom is -0.341 e. The van der Waals surface area contributed by atoms with E-state index in [-0.39, 0.29) is 0 Å². The molecule has 0 N–H and O–H groups in total. The number of carbonyl (C=O) groups excluding carboxylic acids is 1. The molecule has 0 bridgehead atoms. The van der Waals surface area contributed by atoms with Crippen LogP contribution in [0.25, 0.3) is 0 Å². The molecule has 2 nitrogen and oxygen atoms in total. The third-order valence-corrected chi connectivity index (χ3v) is 3.19. The topological polar surface area (TPSA) is 20.3 Å². The SMILES string of the molecule is CC1CN(C(=O)CC(C)(F)F)CCS1. The second kappa shape index (κ2) is 4.47. The summed E-state index contributed by atoms with van der Waals surface area (Å²) < 4.78 is 25.1. The Morgan fingerprint density at radius 1 is 1.64 bits per heavy atom. The van der Waals surface area contributed by atoms with Gasteiger partial charge in [-0.15, -0.1) is 0 Å². The average molecular weight is 223 g/mol. The minimum atomic E-state index is -2.88. The van der Waals surface area contributed by atoms with Crippen LogP contribution in [0.15, 0.2) is 0 Å². The Hall–Kier alpha value is -0.320. The molecule has 1 saturated heterocycles. The third-order valence-electron chi connectivity index (χ3n) is 2.06. The van der Waals surface area contributed by atoms with Crippen LogP contribution in [0.2, 0.25) is 0 Å². The summed E-state index contributed by atoms with van der Waals surface area (Å²) in [7, 11) is 0. The molecule has 5 heteroatoms. The lowest BCUT2D eigenvalue weighted by Crippen LogP contribution is -2.42. The van der Waals surface area contributed by atoms with Crippen molar-refractivity contribution in [2.75, 3.05) is 18.8 Å². The van der Waals surface area contributed by atoms with Crippen molar-refractivity contribution in [3.05, 3.63) is 0 Å². The fourth-order valence-electron chi connectivity index (χ4n) is 1.42. The maximum Gasteiger partial charge on any atom is 0.254 e. The highest BCUT2D eigenvalue weighted by Gasteiger charge is 2.30. The van der Waals surface area contributed by atoms with Gasteiger partial charge < -0.3 is 4.90 Å². The van der Waals surface area contributed by atoms with Gasteiger partial charge in [0.1, 0.15) is 0 Å². The first-order valence-electron chi connectivity index (χ1n) is 4.66. The van der Waals surface area contributed by atoms with Gasteiger partial charge in [-0.1, -0.05) is 6.92 Å². The normalized spacial score (nSPS) is 23.7. The third kappa shape index (κ3) is 3.82. The molecule has 1 unspecified atom stereocenters. The number of hydrogen-bond acceptors (Lipinski definition) is 2. The number of alkyl halides is 2. The van der Waals surface area contributed by atoms with Crippen molar-refractivity contribution < 1.29 is 13.6 Å². The van der Waals surface area contributed by atoms with Gasteiger partial charge in [0, 0.05) is 24.1 Å². The highest BCUT2D eigenvalue weighted by molar-refractivity contribution is 7.99. The minimum absolute atomic E-state index is 0.359. The highest BCUT2D eigenvalue weighted by atomic mass is 32.2. The Labute approximate surface area is 87.0 Å². The Bertz CT molecular complexity index is 217. The van der Waals surface area contributed by atoms with Crippen LogP contribution in [0.1, 0.15) is 20.3 Å². The number of carbonyl (C=O) groups is 1. The fourth-order valence-corrected chi connectivity index (χ4v) is 2.44. The molecule has 0 aromatic heterocycles. The van der Waals surface area contributed by atoms with Crippen molar-refractivity contribution in [1.29, 1.82) is 0 Å². The van der Waals surface area contributed by atoms with E-state index in [0.29, 0.717) is 18.3 Å². The molecule has 0 radical (unpaired) electrons. The Morgan fingerprint density at radius 3 is 2.79 bits per heavy atom. The molecule has 1 aliphatic rings. The Balaban J connectivity index is 2.44. The molecule has 1 heterocycles. The zero-order valence-corrected chi connectivity index (χ0v) is 9.24. The summed E-state index contributed by atoms with van der Waals surface area (Å²) in [6, 6.07) is 0. The summed E-state index contributed by atoms with van der Waals surface area (Å²) in [6.07, 6.45) is -0.662. The van der Waals surface area contributed by atoms with Gasteiger partial charge in [-0.05, 0) is 6.92 Å². The maximum absolute atomic E-state index is 12.6. The number of thioether (sulfide) groups is 1. The van der Waals surface area contributed by atoms with Crippen LogP contribution in [0.5, 0.6) is 0 Å². The smallest absolute Gasteiger partial charge is 0.254 e. The van der Waals surface area contributed by atoms with Gasteiger partial charge in [0.05, 0.1) is 6.42 Å². The quantitative estimate of drug-likeness (QED) is 0.713. The van der Waals surface area contributed by atoms with Crippen LogP contribution in [-0.2, 0) is 4.79 Å². The Kier molecular flexibility index (Phi) is 3.75. The van der Waals surface area contributed by atoms with E-state index >= 15 is 0 Å². The molecule has 1 amide bonds. The largest absolute Gasteiger partial charge is 0.341 e. The van der Waals surface area contributed by atoms with Crippen LogP contribution >= 0.6 is 11.8 Å². The van der Waals surface area contributed by atoms with Gasteiger partial charge in [0.15, 0.2) is 0 Å². The lowest BCUT2D eigenvalue weighted by Gasteiger charge is -2.31. The number of hydrogen-bond donors (Lipinski definition) is 0. The standard InChI is InChI=1S/C9H15F2NOS/c1-7-6-12(3-4-14-7)8(13)5-9(2,10)11/h7H,3-6H2,1-2H3. The summed E-state index contributed by atoms with van der Waals surface area (Å²) in [4.78, 5) is 12.9. The van der Waals surface area contributed by atoms with Gasteiger partial charge in [0.25, 0.3) is 5.92 Å². The first kappa shape index (κ1) is 11.8. The van der Waals surface area contributed by atoms with Crippen LogP contribution in [0.3, 0.4) is 0 Å². The average Bonchev–Trinajstić information content (AvgIpc) is 2.01. The van der Waals surface area contributed by atoms with E-state index in [4.69, 9.17) is 0 Å². The Morgan fingerprint density at radius 2 is 2.29 bits per heavy atom. The second-order valence-corrected chi connectivity index (χ2v) is 5.31. The van der Waals surface area contributed by atoms with Crippen molar-refractivity contribution in [1.82, 2.24) is 4.90 Å². The summed E-state index contributed by atoms with van der Waals surface area (Å²) >= 11 is 1.78. The molecule has 0 aliphatic carbocycles. The van der Waals surface area contributed by atoms with Crippen molar-refractivity contribution >= 4 is 17.7 Å². The van der Waals surface area contributed by atoms with Crippen LogP contribution in [-0.4, -0.2) is 40.8 Å². The zero-order chi connectivity index (χ0) is 10.8. The lowest BCUT2D eigenvalue weighted by atomic mass is 10.2. The first-order chi connectivity index (χ1) is 6.38. The molecule has 0 aromatic rings. The summed E-state index contributed by atoms with van der Waals surface area (Å²) in [6.45, 7) is 3.99. The molecule has 0 aromatic carbocycles. The molecular formula is C9H15F2NOS. The summed E-state index contributed by atoms with van der Waals surface area (Å²) in [5, 5.41) is 0.359. The molecule has 1 atom stereocenters. The molecular weight excluding hydrogens is 208 g/mol. The number of amides is 1. The van der Waals surface area contributed by atoms with Gasteiger partial charge >= 0.3 is 0 Å². The number of nitrogens with zero attached hydrogens (tertiary/aromatic N) is 1. The maximum atomic E-state index is 12.6. The van der Waals surface area contributed by atoms with Gasteiger partial charge in [-0.2, -0.15) is 11.8 Å². The predicted molar refractivity (Wildman–Crippen MR) is 53.7 cm³/mol. The summed E-state index contributed by atoms with van der Waals surface area (Å²) in [5.74, 6) is -2.46. The molecule has 14 heavy (non-hydrogen) atoms. The molecule has 1 fully saturated rings. The van der Waals surface area contributed by atoms with Gasteiger partial charge in [-0.25, -0.2) is 8.78 Å². The molecule has 0 saturated carbocycles. The van der Waals surface area contributed by atoms with E-state index in [2.05, 4.69) is 0 Å². The molecule has 0 spiro atoms. The van der Waals surface area contributed by atoms with Gasteiger partial charge in [0.2, 0.25) is 5.91 Å². The first-order valence-corrected chi connectivity index (χ1v) is 5.70. The molecule has 82 valence electrons. The molecule has 1 rings (SSSR count). The van der Waals surface area contributed by atoms with E-state index in [9.17, 15) is 13.6 Å². The van der Waals surface area contributed by atoms with E-state index in [1.807, 2.05) is 6.92 Å². The predicted octanol–water partition coefficient (Wildman–Crippen LogP) is 2.00. The van der Waals surface area contributed by atoms with E-state index in [1.54, 1.807) is 16.7 Å². The van der Waals surface area contributed by atoms with Crippen molar-refractivity contribution in [3.63, 3.8) is 0 Å². The van der Waals surface area contributed by atoms with Crippen LogP contribution in [0, 0.1) is 0 Å². The van der Waals surface area contributed by atoms with Gasteiger partial charge in [-0.3, -0.25) is 4.79 Å². The fraction of sp³-hybridized carbons (Fsp3) is 0.889. The van der Waals surface area contributed by atoms with Crippen LogP contribution < -0.4 is 0 Å². The van der Waals surface area contributed by atoms with E-state index in [1.165, 1.54) is 0 Å². The number of rotatable bonds is 2. The number of halogens is 2. The highest BCUT2D eigenvalue weighted by Crippen LogP contribution is 2.22. The lowest BCUT2D eigenvalue weighted by molar-refractivity contribution is -0.137.